The van der Waals surface area contributed by atoms with E-state index in [1.165, 1.54) is 16.9 Å². The first-order valence-electron chi connectivity index (χ1n) is 7.92. The summed E-state index contributed by atoms with van der Waals surface area (Å²) in [6, 6.07) is 11.0. The minimum absolute atomic E-state index is 0.0426. The van der Waals surface area contributed by atoms with Gasteiger partial charge in [0.1, 0.15) is 0 Å². The largest absolute Gasteiger partial charge is 0.356 e. The van der Waals surface area contributed by atoms with Crippen molar-refractivity contribution in [1.29, 1.82) is 0 Å². The van der Waals surface area contributed by atoms with Crippen LogP contribution in [0.15, 0.2) is 52.1 Å². The van der Waals surface area contributed by atoms with Crippen molar-refractivity contribution >= 4 is 10.0 Å². The van der Waals surface area contributed by atoms with Gasteiger partial charge in [-0.2, -0.15) is 5.10 Å². The third-order valence-electron chi connectivity index (χ3n) is 3.74. The van der Waals surface area contributed by atoms with Gasteiger partial charge in [0.25, 0.3) is 10.0 Å². The number of sulfonamides is 1. The average Bonchev–Trinajstić information content (AvgIpc) is 3.23. The van der Waals surface area contributed by atoms with Crippen LogP contribution in [-0.2, 0) is 16.6 Å². The molecule has 0 fully saturated rings. The van der Waals surface area contributed by atoms with E-state index in [-0.39, 0.29) is 17.6 Å². The molecule has 132 valence electrons. The van der Waals surface area contributed by atoms with Gasteiger partial charge in [-0.3, -0.25) is 4.68 Å². The maximum absolute atomic E-state index is 12.5. The summed E-state index contributed by atoms with van der Waals surface area (Å²) in [5.41, 5.74) is 2.55. The van der Waals surface area contributed by atoms with E-state index in [1.807, 2.05) is 45.0 Å². The first kappa shape index (κ1) is 17.4. The van der Waals surface area contributed by atoms with E-state index in [0.717, 1.165) is 11.1 Å². The van der Waals surface area contributed by atoms with Crippen LogP contribution in [-0.4, -0.2) is 23.4 Å². The van der Waals surface area contributed by atoms with Crippen molar-refractivity contribution in [3.05, 3.63) is 53.9 Å². The fraction of sp³-hybridized carbons (Fsp3) is 0.294. The molecule has 2 heterocycles. The summed E-state index contributed by atoms with van der Waals surface area (Å²) < 4.78 is 34.3. The average molecular weight is 360 g/mol. The number of nitrogens with one attached hydrogen (secondary N) is 1. The molecule has 3 aromatic rings. The third kappa shape index (κ3) is 3.80. The lowest BCUT2D eigenvalue weighted by molar-refractivity contribution is 0.422. The van der Waals surface area contributed by atoms with Crippen LogP contribution in [0.3, 0.4) is 0 Å². The van der Waals surface area contributed by atoms with Gasteiger partial charge < -0.3 is 4.52 Å². The van der Waals surface area contributed by atoms with E-state index in [9.17, 15) is 8.42 Å². The molecule has 0 unspecified atom stereocenters. The highest BCUT2D eigenvalue weighted by Crippen LogP contribution is 2.21. The van der Waals surface area contributed by atoms with Crippen LogP contribution in [0.4, 0.5) is 0 Å². The van der Waals surface area contributed by atoms with Crippen LogP contribution < -0.4 is 4.72 Å². The topological polar surface area (TPSA) is 90.0 Å². The van der Waals surface area contributed by atoms with Crippen molar-refractivity contribution in [2.75, 3.05) is 0 Å². The molecule has 8 heteroatoms. The molecular weight excluding hydrogens is 340 g/mol. The summed E-state index contributed by atoms with van der Waals surface area (Å²) in [6.45, 7) is 5.79. The van der Waals surface area contributed by atoms with Gasteiger partial charge in [-0.15, -0.1) is 0 Å². The normalized spacial score (nSPS) is 12.0. The Morgan fingerprint density at radius 1 is 1.20 bits per heavy atom. The Labute approximate surface area is 146 Å². The highest BCUT2D eigenvalue weighted by molar-refractivity contribution is 7.89. The van der Waals surface area contributed by atoms with Crippen LogP contribution in [0, 0.1) is 6.92 Å². The number of aryl methyl sites for hydroxylation is 1. The summed E-state index contributed by atoms with van der Waals surface area (Å²) in [6.07, 6.45) is 1.47. The summed E-state index contributed by atoms with van der Waals surface area (Å²) in [4.78, 5) is 0. The fourth-order valence-corrected chi connectivity index (χ4v) is 3.62. The van der Waals surface area contributed by atoms with Gasteiger partial charge in [0.2, 0.25) is 0 Å². The first-order valence-corrected chi connectivity index (χ1v) is 9.41. The molecule has 0 bridgehead atoms. The second-order valence-corrected chi connectivity index (χ2v) is 7.79. The molecule has 0 amide bonds. The molecule has 0 atom stereocenters. The Balaban J connectivity index is 1.73. The molecule has 0 aliphatic carbocycles. The second kappa shape index (κ2) is 6.81. The van der Waals surface area contributed by atoms with E-state index in [1.54, 1.807) is 6.07 Å². The lowest BCUT2D eigenvalue weighted by atomic mass is 10.1. The number of benzene rings is 1. The lowest BCUT2D eigenvalue weighted by Crippen LogP contribution is -2.26. The standard InChI is InChI=1S/C17H20N4O3S/c1-12(2)21-17(8-9-18-21)25(22,23)19-11-15-10-16(24-20-15)14-6-4-13(3)5-7-14/h4-10,12,19H,11H2,1-3H3. The van der Waals surface area contributed by atoms with Crippen LogP contribution in [0.2, 0.25) is 0 Å². The van der Waals surface area contributed by atoms with Crippen molar-refractivity contribution in [3.63, 3.8) is 0 Å². The molecule has 2 aromatic heterocycles. The predicted molar refractivity (Wildman–Crippen MR) is 93.3 cm³/mol. The quantitative estimate of drug-likeness (QED) is 0.730. The third-order valence-corrected chi connectivity index (χ3v) is 5.13. The van der Waals surface area contributed by atoms with Crippen LogP contribution in [0.1, 0.15) is 31.1 Å². The number of rotatable bonds is 6. The zero-order valence-corrected chi connectivity index (χ0v) is 15.1. The number of hydrogen-bond donors (Lipinski definition) is 1. The first-order chi connectivity index (χ1) is 11.9. The molecule has 7 nitrogen and oxygen atoms in total. The number of nitrogens with zero attached hydrogens (tertiary/aromatic N) is 3. The van der Waals surface area contributed by atoms with Gasteiger partial charge in [-0.05, 0) is 26.8 Å². The SMILES string of the molecule is Cc1ccc(-c2cc(CNS(=O)(=O)c3ccnn3C(C)C)no2)cc1. The molecule has 0 saturated carbocycles. The summed E-state index contributed by atoms with van der Waals surface area (Å²) in [5.74, 6) is 0.599. The van der Waals surface area contributed by atoms with E-state index in [0.29, 0.717) is 11.5 Å². The molecule has 0 aliphatic rings. The van der Waals surface area contributed by atoms with Crippen molar-refractivity contribution in [2.45, 2.75) is 38.4 Å². The van der Waals surface area contributed by atoms with Gasteiger partial charge in [-0.1, -0.05) is 35.0 Å². The molecule has 3 rings (SSSR count). The van der Waals surface area contributed by atoms with E-state index >= 15 is 0 Å². The molecule has 0 spiro atoms. The molecule has 0 aliphatic heterocycles. The summed E-state index contributed by atoms with van der Waals surface area (Å²) in [5, 5.41) is 8.11. The van der Waals surface area contributed by atoms with Crippen molar-refractivity contribution in [3.8, 4) is 11.3 Å². The van der Waals surface area contributed by atoms with Crippen LogP contribution >= 0.6 is 0 Å². The zero-order valence-electron chi connectivity index (χ0n) is 14.3. The maximum atomic E-state index is 12.5. The van der Waals surface area contributed by atoms with Crippen molar-refractivity contribution < 1.29 is 12.9 Å². The van der Waals surface area contributed by atoms with Crippen LogP contribution in [0.5, 0.6) is 0 Å². The minimum Gasteiger partial charge on any atom is -0.356 e. The predicted octanol–water partition coefficient (Wildman–Crippen LogP) is 2.91. The molecule has 1 N–H and O–H groups in total. The Kier molecular flexibility index (Phi) is 4.73. The van der Waals surface area contributed by atoms with Gasteiger partial charge in [0.05, 0.1) is 18.4 Å². The van der Waals surface area contributed by atoms with Gasteiger partial charge >= 0.3 is 0 Å². The maximum Gasteiger partial charge on any atom is 0.258 e. The van der Waals surface area contributed by atoms with E-state index in [2.05, 4.69) is 15.0 Å². The highest BCUT2D eigenvalue weighted by atomic mass is 32.2. The van der Waals surface area contributed by atoms with E-state index < -0.39 is 10.0 Å². The summed E-state index contributed by atoms with van der Waals surface area (Å²) in [7, 11) is -3.68. The van der Waals surface area contributed by atoms with Crippen molar-refractivity contribution in [1.82, 2.24) is 19.7 Å². The minimum atomic E-state index is -3.68. The number of hydrogen-bond acceptors (Lipinski definition) is 5. The smallest absolute Gasteiger partial charge is 0.258 e. The fourth-order valence-electron chi connectivity index (χ4n) is 2.39. The monoisotopic (exact) mass is 360 g/mol. The second-order valence-electron chi connectivity index (χ2n) is 6.08. The Hall–Kier alpha value is -2.45. The molecule has 25 heavy (non-hydrogen) atoms. The van der Waals surface area contributed by atoms with E-state index in [4.69, 9.17) is 4.52 Å². The highest BCUT2D eigenvalue weighted by Gasteiger charge is 2.21. The Morgan fingerprint density at radius 2 is 1.92 bits per heavy atom. The molecule has 0 saturated heterocycles. The molecule has 0 radical (unpaired) electrons. The molecule has 1 aromatic carbocycles. The van der Waals surface area contributed by atoms with Gasteiger partial charge in [0.15, 0.2) is 10.8 Å². The number of aromatic nitrogens is 3. The lowest BCUT2D eigenvalue weighted by Gasteiger charge is -2.11. The Morgan fingerprint density at radius 3 is 2.60 bits per heavy atom. The van der Waals surface area contributed by atoms with Crippen LogP contribution in [0.25, 0.3) is 11.3 Å². The Bertz CT molecular complexity index is 956. The zero-order chi connectivity index (χ0) is 18.0. The van der Waals surface area contributed by atoms with Gasteiger partial charge in [-0.25, -0.2) is 13.1 Å². The van der Waals surface area contributed by atoms with Crippen molar-refractivity contribution in [2.24, 2.45) is 0 Å². The molecular formula is C17H20N4O3S. The summed E-state index contributed by atoms with van der Waals surface area (Å²) >= 11 is 0. The van der Waals surface area contributed by atoms with Gasteiger partial charge in [0, 0.05) is 17.7 Å².